The van der Waals surface area contributed by atoms with Crippen LogP contribution in [0.25, 0.3) is 11.3 Å². The maximum atomic E-state index is 10.8. The number of nitrogens with zero attached hydrogens (tertiary/aromatic N) is 2. The Morgan fingerprint density at radius 1 is 1.06 bits per heavy atom. The second kappa shape index (κ2) is 5.23. The first-order chi connectivity index (χ1) is 7.29. The van der Waals surface area contributed by atoms with Gasteiger partial charge in [0, 0.05) is 17.8 Å². The fraction of sp³-hybridized carbons (Fsp3) is 0. The van der Waals surface area contributed by atoms with Crippen molar-refractivity contribution in [2.45, 2.75) is 0 Å². The summed E-state index contributed by atoms with van der Waals surface area (Å²) in [6.45, 7) is 0. The minimum absolute atomic E-state index is 0. The molecule has 0 N–H and O–H groups in total. The molecule has 1 aromatic heterocycles. The van der Waals surface area contributed by atoms with Gasteiger partial charge in [-0.05, 0) is 6.07 Å². The molecule has 0 amide bonds. The zero-order valence-electron chi connectivity index (χ0n) is 8.24. The summed E-state index contributed by atoms with van der Waals surface area (Å²) < 4.78 is 0. The molecule has 4 nitrogen and oxygen atoms in total. The van der Waals surface area contributed by atoms with E-state index >= 15 is 0 Å². The van der Waals surface area contributed by atoms with Crippen LogP contribution < -0.4 is 0 Å². The van der Waals surface area contributed by atoms with E-state index in [1.54, 1.807) is 24.4 Å². The second-order valence-corrected chi connectivity index (χ2v) is 2.99. The molecule has 16 heavy (non-hydrogen) atoms. The van der Waals surface area contributed by atoms with Gasteiger partial charge in [-0.15, -0.1) is 12.4 Å². The fourth-order valence-corrected chi connectivity index (χ4v) is 1.36. The largest absolute Gasteiger partial charge is 0.295 e. The molecule has 0 aliphatic heterocycles. The summed E-state index contributed by atoms with van der Waals surface area (Å²) in [4.78, 5) is 14.4. The van der Waals surface area contributed by atoms with Crippen LogP contribution in [-0.4, -0.2) is 9.91 Å². The van der Waals surface area contributed by atoms with Crippen LogP contribution in [0.15, 0.2) is 48.7 Å². The van der Waals surface area contributed by atoms with E-state index in [2.05, 4.69) is 4.98 Å². The molecule has 0 saturated heterocycles. The van der Waals surface area contributed by atoms with Crippen molar-refractivity contribution < 1.29 is 4.92 Å². The molecule has 2 aromatic rings. The van der Waals surface area contributed by atoms with Crippen LogP contribution in [0.2, 0.25) is 0 Å². The average Bonchev–Trinajstić information content (AvgIpc) is 2.30. The molecule has 1 aromatic carbocycles. The molecule has 0 atom stereocenters. The predicted octanol–water partition coefficient (Wildman–Crippen LogP) is 3.08. The highest BCUT2D eigenvalue weighted by atomic mass is 35.5. The highest BCUT2D eigenvalue weighted by Crippen LogP contribution is 2.26. The van der Waals surface area contributed by atoms with Crippen LogP contribution in [0, 0.1) is 10.1 Å². The molecule has 0 bridgehead atoms. The zero-order valence-corrected chi connectivity index (χ0v) is 9.05. The lowest BCUT2D eigenvalue weighted by Crippen LogP contribution is -1.93. The van der Waals surface area contributed by atoms with Crippen molar-refractivity contribution >= 4 is 18.1 Å². The molecule has 5 heteroatoms. The van der Waals surface area contributed by atoms with Crippen molar-refractivity contribution in [1.29, 1.82) is 0 Å². The summed E-state index contributed by atoms with van der Waals surface area (Å²) in [6, 6.07) is 12.1. The minimum Gasteiger partial charge on any atom is -0.258 e. The van der Waals surface area contributed by atoms with Crippen molar-refractivity contribution in [2.24, 2.45) is 0 Å². The number of pyridine rings is 1. The van der Waals surface area contributed by atoms with E-state index in [4.69, 9.17) is 0 Å². The summed E-state index contributed by atoms with van der Waals surface area (Å²) in [6.07, 6.45) is 1.55. The summed E-state index contributed by atoms with van der Waals surface area (Å²) >= 11 is 0. The van der Waals surface area contributed by atoms with Gasteiger partial charge in [-0.2, -0.15) is 0 Å². The average molecular weight is 237 g/mol. The molecular formula is C11H9ClN2O2. The maximum absolute atomic E-state index is 10.8. The summed E-state index contributed by atoms with van der Waals surface area (Å²) in [5.74, 6) is 0. The second-order valence-electron chi connectivity index (χ2n) is 2.99. The molecule has 2 rings (SSSR count). The highest BCUT2D eigenvalue weighted by Gasteiger charge is 2.14. The van der Waals surface area contributed by atoms with Crippen LogP contribution >= 0.6 is 12.4 Å². The Morgan fingerprint density at radius 2 is 1.75 bits per heavy atom. The molecule has 0 fully saturated rings. The Kier molecular flexibility index (Phi) is 3.96. The van der Waals surface area contributed by atoms with E-state index in [-0.39, 0.29) is 18.1 Å². The first kappa shape index (κ1) is 12.1. The van der Waals surface area contributed by atoms with Gasteiger partial charge in [0.15, 0.2) is 0 Å². The smallest absolute Gasteiger partial charge is 0.258 e. The first-order valence-electron chi connectivity index (χ1n) is 4.44. The third-order valence-electron chi connectivity index (χ3n) is 2.03. The number of nitro groups is 1. The fourth-order valence-electron chi connectivity index (χ4n) is 1.36. The Labute approximate surface area is 98.5 Å². The number of hydrogen-bond donors (Lipinski definition) is 0. The van der Waals surface area contributed by atoms with E-state index in [0.29, 0.717) is 5.69 Å². The number of rotatable bonds is 2. The third-order valence-corrected chi connectivity index (χ3v) is 2.03. The van der Waals surface area contributed by atoms with Crippen molar-refractivity contribution in [3.8, 4) is 11.3 Å². The molecule has 0 saturated carbocycles. The lowest BCUT2D eigenvalue weighted by atomic mass is 10.1. The van der Waals surface area contributed by atoms with Crippen molar-refractivity contribution in [3.05, 3.63) is 58.8 Å². The van der Waals surface area contributed by atoms with E-state index in [9.17, 15) is 10.1 Å². The number of aromatic nitrogens is 1. The monoisotopic (exact) mass is 236 g/mol. The van der Waals surface area contributed by atoms with Gasteiger partial charge in [0.1, 0.15) is 5.69 Å². The van der Waals surface area contributed by atoms with Crippen LogP contribution in [0.5, 0.6) is 0 Å². The van der Waals surface area contributed by atoms with Crippen molar-refractivity contribution in [1.82, 2.24) is 4.98 Å². The van der Waals surface area contributed by atoms with Crippen LogP contribution in [-0.2, 0) is 0 Å². The van der Waals surface area contributed by atoms with Crippen LogP contribution in [0.4, 0.5) is 5.69 Å². The van der Waals surface area contributed by atoms with E-state index in [1.165, 1.54) is 6.07 Å². The predicted molar refractivity (Wildman–Crippen MR) is 63.6 cm³/mol. The molecule has 1 heterocycles. The third kappa shape index (κ3) is 2.35. The van der Waals surface area contributed by atoms with Gasteiger partial charge in [-0.3, -0.25) is 10.1 Å². The van der Waals surface area contributed by atoms with Gasteiger partial charge >= 0.3 is 0 Å². The maximum Gasteiger partial charge on any atom is 0.295 e. The molecular weight excluding hydrogens is 228 g/mol. The topological polar surface area (TPSA) is 56.0 Å². The van der Waals surface area contributed by atoms with Gasteiger partial charge in [-0.25, -0.2) is 4.98 Å². The van der Waals surface area contributed by atoms with E-state index < -0.39 is 4.92 Å². The SMILES string of the molecule is Cl.O=[N+]([O-])c1cccnc1-c1ccccc1. The number of benzene rings is 1. The Hall–Kier alpha value is -1.94. The lowest BCUT2D eigenvalue weighted by Gasteiger charge is -2.00. The van der Waals surface area contributed by atoms with Gasteiger partial charge in [-0.1, -0.05) is 30.3 Å². The Balaban J connectivity index is 0.00000128. The van der Waals surface area contributed by atoms with Gasteiger partial charge in [0.05, 0.1) is 4.92 Å². The molecule has 0 unspecified atom stereocenters. The van der Waals surface area contributed by atoms with Gasteiger partial charge in [0.25, 0.3) is 5.69 Å². The Bertz CT molecular complexity index is 488. The molecule has 0 aliphatic rings. The lowest BCUT2D eigenvalue weighted by molar-refractivity contribution is -0.384. The van der Waals surface area contributed by atoms with E-state index in [1.807, 2.05) is 18.2 Å². The number of hydrogen-bond acceptors (Lipinski definition) is 3. The van der Waals surface area contributed by atoms with Crippen molar-refractivity contribution in [2.75, 3.05) is 0 Å². The van der Waals surface area contributed by atoms with Crippen molar-refractivity contribution in [3.63, 3.8) is 0 Å². The van der Waals surface area contributed by atoms with Gasteiger partial charge in [0.2, 0.25) is 0 Å². The Morgan fingerprint density at radius 3 is 2.38 bits per heavy atom. The molecule has 0 spiro atoms. The van der Waals surface area contributed by atoms with Gasteiger partial charge < -0.3 is 0 Å². The zero-order chi connectivity index (χ0) is 10.7. The summed E-state index contributed by atoms with van der Waals surface area (Å²) in [7, 11) is 0. The normalized spacial score (nSPS) is 9.25. The number of halogens is 1. The minimum atomic E-state index is -0.421. The highest BCUT2D eigenvalue weighted by molar-refractivity contribution is 5.85. The van der Waals surface area contributed by atoms with Crippen LogP contribution in [0.1, 0.15) is 0 Å². The quantitative estimate of drug-likeness (QED) is 0.595. The molecule has 82 valence electrons. The van der Waals surface area contributed by atoms with E-state index in [0.717, 1.165) is 5.56 Å². The first-order valence-corrected chi connectivity index (χ1v) is 4.44. The summed E-state index contributed by atoms with van der Waals surface area (Å²) in [5, 5.41) is 10.8. The molecule has 0 aliphatic carbocycles. The molecule has 0 radical (unpaired) electrons. The van der Waals surface area contributed by atoms with Crippen LogP contribution in [0.3, 0.4) is 0 Å². The summed E-state index contributed by atoms with van der Waals surface area (Å²) in [5.41, 5.74) is 1.19. The standard InChI is InChI=1S/C11H8N2O2.ClH/c14-13(15)10-7-4-8-12-11(10)9-5-2-1-3-6-9;/h1-8H;1H.